The summed E-state index contributed by atoms with van der Waals surface area (Å²) in [6.07, 6.45) is 3.28. The molecule has 7 nitrogen and oxygen atoms in total. The summed E-state index contributed by atoms with van der Waals surface area (Å²) in [6.45, 7) is 0. The van der Waals surface area contributed by atoms with E-state index in [2.05, 4.69) is 5.32 Å². The lowest BCUT2D eigenvalue weighted by atomic mass is 9.81. The number of nitro groups is 1. The van der Waals surface area contributed by atoms with Crippen molar-refractivity contribution in [3.05, 3.63) is 39.9 Å². The number of rotatable bonds is 4. The van der Waals surface area contributed by atoms with Crippen LogP contribution in [0.15, 0.2) is 24.3 Å². The first-order chi connectivity index (χ1) is 9.94. The second kappa shape index (κ2) is 5.90. The van der Waals surface area contributed by atoms with Crippen molar-refractivity contribution in [1.82, 2.24) is 5.32 Å². The molecule has 1 aromatic carbocycles. The van der Waals surface area contributed by atoms with E-state index in [1.54, 1.807) is 0 Å². The van der Waals surface area contributed by atoms with Crippen LogP contribution in [0.1, 0.15) is 42.5 Å². The zero-order valence-corrected chi connectivity index (χ0v) is 11.4. The highest BCUT2D eigenvalue weighted by Crippen LogP contribution is 2.29. The molecule has 0 saturated heterocycles. The predicted octanol–water partition coefficient (Wildman–Crippen LogP) is 2.11. The molecule has 1 aliphatic rings. The quantitative estimate of drug-likeness (QED) is 0.652. The summed E-state index contributed by atoms with van der Waals surface area (Å²) in [5.74, 6) is -1.55. The van der Waals surface area contributed by atoms with E-state index in [4.69, 9.17) is 0 Å². The van der Waals surface area contributed by atoms with Gasteiger partial charge in [0, 0.05) is 17.7 Å². The van der Waals surface area contributed by atoms with Crippen LogP contribution in [0.3, 0.4) is 0 Å². The Bertz CT molecular complexity index is 561. The minimum Gasteiger partial charge on any atom is -0.480 e. The van der Waals surface area contributed by atoms with Crippen LogP contribution in [0.5, 0.6) is 0 Å². The number of aliphatic carboxylic acids is 1. The zero-order valence-electron chi connectivity index (χ0n) is 11.4. The molecule has 0 unspecified atom stereocenters. The first kappa shape index (κ1) is 15.0. The fourth-order valence-corrected chi connectivity index (χ4v) is 2.57. The van der Waals surface area contributed by atoms with E-state index in [1.165, 1.54) is 24.3 Å². The first-order valence-electron chi connectivity index (χ1n) is 6.75. The van der Waals surface area contributed by atoms with Gasteiger partial charge in [-0.1, -0.05) is 19.3 Å². The molecule has 21 heavy (non-hydrogen) atoms. The van der Waals surface area contributed by atoms with Gasteiger partial charge in [0.15, 0.2) is 0 Å². The minimum absolute atomic E-state index is 0.114. The van der Waals surface area contributed by atoms with Crippen LogP contribution in [-0.2, 0) is 4.79 Å². The third-order valence-electron chi connectivity index (χ3n) is 3.81. The van der Waals surface area contributed by atoms with Crippen molar-refractivity contribution in [2.24, 2.45) is 0 Å². The number of carbonyl (C=O) groups excluding carboxylic acids is 1. The average molecular weight is 292 g/mol. The van der Waals surface area contributed by atoms with Crippen LogP contribution in [0.2, 0.25) is 0 Å². The summed E-state index contributed by atoms with van der Waals surface area (Å²) in [7, 11) is 0. The van der Waals surface area contributed by atoms with Crippen LogP contribution in [0, 0.1) is 10.1 Å². The SMILES string of the molecule is O=C(NC1(C(=O)O)CCCCC1)c1ccc([N+](=O)[O-])cc1. The molecule has 0 atom stereocenters. The second-order valence-electron chi connectivity index (χ2n) is 5.21. The predicted molar refractivity (Wildman–Crippen MR) is 74.0 cm³/mol. The Morgan fingerprint density at radius 3 is 2.19 bits per heavy atom. The summed E-state index contributed by atoms with van der Waals surface area (Å²) in [5, 5.41) is 22.6. The van der Waals surface area contributed by atoms with Gasteiger partial charge in [0.1, 0.15) is 5.54 Å². The summed E-state index contributed by atoms with van der Waals surface area (Å²) < 4.78 is 0. The van der Waals surface area contributed by atoms with Gasteiger partial charge < -0.3 is 10.4 Å². The molecule has 112 valence electrons. The minimum atomic E-state index is -1.23. The van der Waals surface area contributed by atoms with Gasteiger partial charge in [0.05, 0.1) is 4.92 Å². The molecule has 0 heterocycles. The van der Waals surface area contributed by atoms with Crippen molar-refractivity contribution in [3.8, 4) is 0 Å². The van der Waals surface area contributed by atoms with Gasteiger partial charge in [-0.25, -0.2) is 4.79 Å². The van der Waals surface area contributed by atoms with Gasteiger partial charge in [-0.3, -0.25) is 14.9 Å². The number of non-ortho nitro benzene ring substituents is 1. The normalized spacial score (nSPS) is 17.0. The number of hydrogen-bond donors (Lipinski definition) is 2. The lowest BCUT2D eigenvalue weighted by Crippen LogP contribution is -2.55. The van der Waals surface area contributed by atoms with E-state index in [9.17, 15) is 24.8 Å². The van der Waals surface area contributed by atoms with Gasteiger partial charge in [-0.15, -0.1) is 0 Å². The third kappa shape index (κ3) is 3.18. The van der Waals surface area contributed by atoms with Crippen molar-refractivity contribution in [2.45, 2.75) is 37.6 Å². The van der Waals surface area contributed by atoms with E-state index in [-0.39, 0.29) is 11.3 Å². The molecule has 1 amide bonds. The van der Waals surface area contributed by atoms with E-state index in [1.807, 2.05) is 0 Å². The molecule has 2 N–H and O–H groups in total. The first-order valence-corrected chi connectivity index (χ1v) is 6.75. The van der Waals surface area contributed by atoms with Gasteiger partial charge in [0.25, 0.3) is 11.6 Å². The molecule has 1 fully saturated rings. The Balaban J connectivity index is 2.15. The van der Waals surface area contributed by atoms with Gasteiger partial charge in [-0.2, -0.15) is 0 Å². The number of benzene rings is 1. The van der Waals surface area contributed by atoms with Crippen LogP contribution >= 0.6 is 0 Å². The van der Waals surface area contributed by atoms with Crippen LogP contribution in [0.25, 0.3) is 0 Å². The monoisotopic (exact) mass is 292 g/mol. The molecule has 0 aromatic heterocycles. The number of amides is 1. The largest absolute Gasteiger partial charge is 0.480 e. The van der Waals surface area contributed by atoms with Crippen molar-refractivity contribution in [1.29, 1.82) is 0 Å². The molecular formula is C14H16N2O5. The highest BCUT2D eigenvalue weighted by atomic mass is 16.6. The van der Waals surface area contributed by atoms with Gasteiger partial charge in [-0.05, 0) is 25.0 Å². The highest BCUT2D eigenvalue weighted by molar-refractivity contribution is 5.98. The number of nitrogens with one attached hydrogen (secondary N) is 1. The molecular weight excluding hydrogens is 276 g/mol. The van der Waals surface area contributed by atoms with E-state index in [0.717, 1.165) is 19.3 Å². The molecule has 0 radical (unpaired) electrons. The molecule has 1 aromatic rings. The maximum atomic E-state index is 12.2. The number of carboxylic acid groups (broad SMARTS) is 1. The maximum Gasteiger partial charge on any atom is 0.329 e. The lowest BCUT2D eigenvalue weighted by Gasteiger charge is -2.33. The third-order valence-corrected chi connectivity index (χ3v) is 3.81. The summed E-state index contributed by atoms with van der Waals surface area (Å²) in [6, 6.07) is 5.10. The number of nitrogens with zero attached hydrogens (tertiary/aromatic N) is 1. The second-order valence-corrected chi connectivity index (χ2v) is 5.21. The molecule has 0 bridgehead atoms. The number of carboxylic acids is 1. The molecule has 2 rings (SSSR count). The van der Waals surface area contributed by atoms with Crippen LogP contribution in [0.4, 0.5) is 5.69 Å². The fourth-order valence-electron chi connectivity index (χ4n) is 2.57. The standard InChI is InChI=1S/C14H16N2O5/c17-12(10-4-6-11(7-5-10)16(20)21)15-14(13(18)19)8-2-1-3-9-14/h4-7H,1-3,8-9H2,(H,15,17)(H,18,19). The Labute approximate surface area is 121 Å². The van der Waals surface area contributed by atoms with Crippen molar-refractivity contribution >= 4 is 17.6 Å². The zero-order chi connectivity index (χ0) is 15.5. The van der Waals surface area contributed by atoms with E-state index in [0.29, 0.717) is 12.8 Å². The number of nitro benzene ring substituents is 1. The van der Waals surface area contributed by atoms with E-state index >= 15 is 0 Å². The van der Waals surface area contributed by atoms with Crippen molar-refractivity contribution in [2.75, 3.05) is 0 Å². The summed E-state index contributed by atoms with van der Waals surface area (Å²) in [4.78, 5) is 33.7. The van der Waals surface area contributed by atoms with Crippen LogP contribution in [-0.4, -0.2) is 27.4 Å². The Kier molecular flexibility index (Phi) is 4.21. The highest BCUT2D eigenvalue weighted by Gasteiger charge is 2.41. The molecule has 7 heteroatoms. The van der Waals surface area contributed by atoms with Crippen LogP contribution < -0.4 is 5.32 Å². The molecule has 0 aliphatic heterocycles. The molecule has 1 aliphatic carbocycles. The smallest absolute Gasteiger partial charge is 0.329 e. The maximum absolute atomic E-state index is 12.2. The Morgan fingerprint density at radius 1 is 1.14 bits per heavy atom. The van der Waals surface area contributed by atoms with E-state index < -0.39 is 22.3 Å². The number of hydrogen-bond acceptors (Lipinski definition) is 4. The van der Waals surface area contributed by atoms with Crippen molar-refractivity contribution in [3.63, 3.8) is 0 Å². The Morgan fingerprint density at radius 2 is 1.71 bits per heavy atom. The van der Waals surface area contributed by atoms with Gasteiger partial charge >= 0.3 is 5.97 Å². The summed E-state index contributed by atoms with van der Waals surface area (Å²) in [5.41, 5.74) is -1.12. The topological polar surface area (TPSA) is 110 Å². The summed E-state index contributed by atoms with van der Waals surface area (Å²) >= 11 is 0. The van der Waals surface area contributed by atoms with Crippen molar-refractivity contribution < 1.29 is 19.6 Å². The average Bonchev–Trinajstić information content (AvgIpc) is 2.48. The Hall–Kier alpha value is -2.44. The molecule has 1 saturated carbocycles. The molecule has 0 spiro atoms. The fraction of sp³-hybridized carbons (Fsp3) is 0.429. The lowest BCUT2D eigenvalue weighted by molar-refractivity contribution is -0.384. The van der Waals surface area contributed by atoms with Gasteiger partial charge in [0.2, 0.25) is 0 Å². The number of carbonyl (C=O) groups is 2.